The lowest BCUT2D eigenvalue weighted by Crippen LogP contribution is -2.00. The Kier molecular flexibility index (Phi) is 6.77. The van der Waals surface area contributed by atoms with Gasteiger partial charge in [-0.25, -0.2) is 15.0 Å². The van der Waals surface area contributed by atoms with Crippen molar-refractivity contribution in [3.05, 3.63) is 89.5 Å². The van der Waals surface area contributed by atoms with Crippen LogP contribution >= 0.6 is 37.9 Å². The van der Waals surface area contributed by atoms with Gasteiger partial charge >= 0.3 is 0 Å². The van der Waals surface area contributed by atoms with E-state index < -0.39 is 0 Å². The molecule has 0 bridgehead atoms. The molecular weight excluding hydrogens is 426 g/mol. The Labute approximate surface area is 193 Å². The monoisotopic (exact) mass is 447 g/mol. The van der Waals surface area contributed by atoms with Crippen molar-refractivity contribution >= 4 is 37.9 Å². The van der Waals surface area contributed by atoms with Gasteiger partial charge in [0.2, 0.25) is 0 Å². The van der Waals surface area contributed by atoms with Gasteiger partial charge in [-0.2, -0.15) is 37.9 Å². The third-order valence-electron chi connectivity index (χ3n) is 4.82. The summed E-state index contributed by atoms with van der Waals surface area (Å²) in [4.78, 5) is 14.3. The first-order chi connectivity index (χ1) is 14.7. The van der Waals surface area contributed by atoms with Crippen molar-refractivity contribution < 1.29 is 0 Å². The fraction of sp³-hybridized carbons (Fsp3) is 0.125. The molecule has 150 valence electrons. The molecule has 3 aromatic carbocycles. The van der Waals surface area contributed by atoms with Crippen LogP contribution in [0.5, 0.6) is 0 Å². The Morgan fingerprint density at radius 2 is 0.633 bits per heavy atom. The molecule has 0 fully saturated rings. The van der Waals surface area contributed by atoms with Gasteiger partial charge in [-0.05, 0) is 16.7 Å². The Hall–Kier alpha value is -2.28. The molecule has 3 nitrogen and oxygen atoms in total. The van der Waals surface area contributed by atoms with Gasteiger partial charge in [0, 0.05) is 33.9 Å². The zero-order valence-electron chi connectivity index (χ0n) is 16.2. The second kappa shape index (κ2) is 9.69. The van der Waals surface area contributed by atoms with E-state index in [1.54, 1.807) is 0 Å². The second-order valence-electron chi connectivity index (χ2n) is 6.87. The van der Waals surface area contributed by atoms with Crippen LogP contribution in [0.1, 0.15) is 16.7 Å². The van der Waals surface area contributed by atoms with Crippen LogP contribution in [0, 0.1) is 0 Å². The number of aromatic nitrogens is 3. The molecule has 4 aromatic rings. The molecule has 1 aromatic heterocycles. The van der Waals surface area contributed by atoms with Gasteiger partial charge in [0.25, 0.3) is 0 Å². The molecule has 0 saturated heterocycles. The summed E-state index contributed by atoms with van der Waals surface area (Å²) in [6.07, 6.45) is 0. The van der Waals surface area contributed by atoms with E-state index in [1.807, 2.05) is 36.4 Å². The van der Waals surface area contributed by atoms with Gasteiger partial charge in [0.15, 0.2) is 17.5 Å². The smallest absolute Gasteiger partial charge is 0.164 e. The topological polar surface area (TPSA) is 38.7 Å². The highest BCUT2D eigenvalue weighted by Crippen LogP contribution is 2.26. The number of hydrogen-bond acceptors (Lipinski definition) is 6. The van der Waals surface area contributed by atoms with E-state index in [4.69, 9.17) is 15.0 Å². The molecule has 0 saturated carbocycles. The van der Waals surface area contributed by atoms with Gasteiger partial charge in [-0.1, -0.05) is 72.8 Å². The molecule has 0 aliphatic carbocycles. The minimum atomic E-state index is 0.650. The predicted molar refractivity (Wildman–Crippen MR) is 134 cm³/mol. The summed E-state index contributed by atoms with van der Waals surface area (Å²) in [7, 11) is 0. The zero-order chi connectivity index (χ0) is 20.9. The minimum Gasteiger partial charge on any atom is -0.208 e. The van der Waals surface area contributed by atoms with Crippen molar-refractivity contribution in [2.45, 2.75) is 17.3 Å². The molecule has 4 rings (SSSR count). The average Bonchev–Trinajstić information content (AvgIpc) is 2.84. The Bertz CT molecular complexity index is 967. The summed E-state index contributed by atoms with van der Waals surface area (Å²) in [5.41, 5.74) is 6.31. The maximum absolute atomic E-state index is 4.77. The highest BCUT2D eigenvalue weighted by Gasteiger charge is 2.12. The summed E-state index contributed by atoms with van der Waals surface area (Å²) in [5.74, 6) is 4.04. The van der Waals surface area contributed by atoms with Crippen LogP contribution in [-0.2, 0) is 17.3 Å². The average molecular weight is 448 g/mol. The van der Waals surface area contributed by atoms with Crippen molar-refractivity contribution in [3.63, 3.8) is 0 Å². The van der Waals surface area contributed by atoms with Crippen molar-refractivity contribution in [1.82, 2.24) is 15.0 Å². The van der Waals surface area contributed by atoms with E-state index in [1.165, 1.54) is 0 Å². The summed E-state index contributed by atoms with van der Waals surface area (Å²) in [5, 5.41) is 0. The molecule has 0 amide bonds. The Balaban J connectivity index is 1.83. The van der Waals surface area contributed by atoms with E-state index in [0.717, 1.165) is 33.4 Å². The normalized spacial score (nSPS) is 10.9. The lowest BCUT2D eigenvalue weighted by atomic mass is 10.1. The minimum absolute atomic E-state index is 0.650. The predicted octanol–water partition coefficient (Wildman–Crippen LogP) is 6.16. The summed E-state index contributed by atoms with van der Waals surface area (Å²) in [6.45, 7) is 0. The summed E-state index contributed by atoms with van der Waals surface area (Å²) in [6, 6.07) is 24.5. The van der Waals surface area contributed by atoms with Crippen LogP contribution in [0.4, 0.5) is 0 Å². The van der Waals surface area contributed by atoms with Crippen LogP contribution in [0.3, 0.4) is 0 Å². The van der Waals surface area contributed by atoms with E-state index >= 15 is 0 Å². The maximum atomic E-state index is 4.77. The van der Waals surface area contributed by atoms with Crippen molar-refractivity contribution in [2.24, 2.45) is 0 Å². The number of thiol groups is 3. The van der Waals surface area contributed by atoms with Crippen LogP contribution in [0.15, 0.2) is 72.8 Å². The standard InChI is InChI=1S/C24H21N3S3/c28-13-16-1-7-19(8-2-16)22-25-23(20-9-3-17(14-29)4-10-20)27-24(26-22)21-11-5-18(15-30)6-12-21/h1-12,28-30H,13-15H2. The van der Waals surface area contributed by atoms with Gasteiger partial charge in [-0.15, -0.1) is 0 Å². The van der Waals surface area contributed by atoms with Gasteiger partial charge < -0.3 is 0 Å². The second-order valence-corrected chi connectivity index (χ2v) is 7.82. The first kappa shape index (κ1) is 21.0. The van der Waals surface area contributed by atoms with E-state index in [2.05, 4.69) is 74.3 Å². The molecule has 30 heavy (non-hydrogen) atoms. The Morgan fingerprint density at radius 3 is 0.833 bits per heavy atom. The molecule has 0 unspecified atom stereocenters. The summed E-state index contributed by atoms with van der Waals surface area (Å²) >= 11 is 13.0. The van der Waals surface area contributed by atoms with Crippen LogP contribution in [-0.4, -0.2) is 15.0 Å². The molecule has 6 heteroatoms. The highest BCUT2D eigenvalue weighted by atomic mass is 32.1. The SMILES string of the molecule is SCc1ccc(-c2nc(-c3ccc(CS)cc3)nc(-c3ccc(CS)cc3)n2)cc1. The molecule has 0 radical (unpaired) electrons. The fourth-order valence-electron chi connectivity index (χ4n) is 3.04. The van der Waals surface area contributed by atoms with Crippen LogP contribution < -0.4 is 0 Å². The quantitative estimate of drug-likeness (QED) is 0.310. The Morgan fingerprint density at radius 1 is 0.400 bits per heavy atom. The molecule has 0 spiro atoms. The molecule has 0 aliphatic heterocycles. The highest BCUT2D eigenvalue weighted by molar-refractivity contribution is 7.79. The van der Waals surface area contributed by atoms with Crippen LogP contribution in [0.25, 0.3) is 34.2 Å². The maximum Gasteiger partial charge on any atom is 0.164 e. The third-order valence-corrected chi connectivity index (χ3v) is 5.91. The molecular formula is C24H21N3S3. The van der Waals surface area contributed by atoms with Crippen LogP contribution in [0.2, 0.25) is 0 Å². The van der Waals surface area contributed by atoms with E-state index in [9.17, 15) is 0 Å². The number of benzene rings is 3. The molecule has 0 N–H and O–H groups in total. The lowest BCUT2D eigenvalue weighted by molar-refractivity contribution is 1.07. The zero-order valence-corrected chi connectivity index (χ0v) is 18.9. The summed E-state index contributed by atoms with van der Waals surface area (Å²) < 4.78 is 0. The number of rotatable bonds is 6. The molecule has 0 aliphatic rings. The lowest BCUT2D eigenvalue weighted by Gasteiger charge is -2.09. The molecule has 1 heterocycles. The largest absolute Gasteiger partial charge is 0.208 e. The van der Waals surface area contributed by atoms with Crippen molar-refractivity contribution in [1.29, 1.82) is 0 Å². The first-order valence-corrected chi connectivity index (χ1v) is 11.5. The van der Waals surface area contributed by atoms with Gasteiger partial charge in [0.05, 0.1) is 0 Å². The number of nitrogens with zero attached hydrogens (tertiary/aromatic N) is 3. The third kappa shape index (κ3) is 4.72. The van der Waals surface area contributed by atoms with Gasteiger partial charge in [-0.3, -0.25) is 0 Å². The molecule has 0 atom stereocenters. The fourth-order valence-corrected chi connectivity index (χ4v) is 3.67. The van der Waals surface area contributed by atoms with E-state index in [-0.39, 0.29) is 0 Å². The van der Waals surface area contributed by atoms with Crippen molar-refractivity contribution in [3.8, 4) is 34.2 Å². The first-order valence-electron chi connectivity index (χ1n) is 9.57. The van der Waals surface area contributed by atoms with E-state index in [0.29, 0.717) is 34.7 Å². The van der Waals surface area contributed by atoms with Crippen molar-refractivity contribution in [2.75, 3.05) is 0 Å². The number of hydrogen-bond donors (Lipinski definition) is 3. The van der Waals surface area contributed by atoms with Gasteiger partial charge in [0.1, 0.15) is 0 Å².